The van der Waals surface area contributed by atoms with Crippen molar-refractivity contribution in [1.82, 2.24) is 48.1 Å². The minimum atomic E-state index is -1.18. The molecule has 0 atom stereocenters. The normalized spacial score (nSPS) is 10.9. The summed E-state index contributed by atoms with van der Waals surface area (Å²) in [5, 5.41) is 11.6. The third kappa shape index (κ3) is 12.4. The molecule has 1 N–H and O–H groups in total. The summed E-state index contributed by atoms with van der Waals surface area (Å²) in [6, 6.07) is 17.5. The van der Waals surface area contributed by atoms with Crippen LogP contribution in [0.2, 0.25) is 25.7 Å². The molecule has 0 fully saturated rings. The number of nitrogens with one attached hydrogen (secondary N) is 1. The number of nitrogens with zero attached hydrogens (tertiary/aromatic N) is 9. The third-order valence-electron chi connectivity index (χ3n) is 9.79. The number of halogens is 6. The number of imidazole rings is 3. The number of hydrogen-bond donors (Lipinski definition) is 1. The molecule has 0 bridgehead atoms. The zero-order valence-corrected chi connectivity index (χ0v) is 38.6. The highest BCUT2D eigenvalue weighted by Gasteiger charge is 2.18. The fourth-order valence-corrected chi connectivity index (χ4v) is 7.81. The second-order valence-electron chi connectivity index (χ2n) is 15.6. The van der Waals surface area contributed by atoms with Gasteiger partial charge in [0.25, 0.3) is 0 Å². The van der Waals surface area contributed by atoms with Gasteiger partial charge in [0.2, 0.25) is 0 Å². The van der Waals surface area contributed by atoms with E-state index in [4.69, 9.17) is 4.74 Å². The fourth-order valence-electron chi connectivity index (χ4n) is 6.63. The summed E-state index contributed by atoms with van der Waals surface area (Å²) in [6.45, 7) is 11.9. The Bertz CT molecular complexity index is 3160. The summed E-state index contributed by atoms with van der Waals surface area (Å²) in [6.07, 6.45) is 18.5. The Hall–Kier alpha value is -6.76. The highest BCUT2D eigenvalue weighted by molar-refractivity contribution is 9.10. The van der Waals surface area contributed by atoms with Crippen LogP contribution in [0.25, 0.3) is 61.7 Å². The van der Waals surface area contributed by atoms with E-state index in [0.717, 1.165) is 28.3 Å². The Morgan fingerprint density at radius 2 is 1.09 bits per heavy atom. The van der Waals surface area contributed by atoms with Crippen LogP contribution in [0.4, 0.5) is 22.0 Å². The number of pyridine rings is 3. The van der Waals surface area contributed by atoms with Crippen LogP contribution in [0, 0.1) is 29.1 Å². The molecular formula is C49H52BrF5N10OSi. The number of ether oxygens (including phenoxy) is 1. The fraction of sp³-hybridized carbons (Fsp3) is 0.204. The lowest BCUT2D eigenvalue weighted by atomic mass is 10.0. The molecule has 2 aromatic carbocycles. The first-order valence-electron chi connectivity index (χ1n) is 20.5. The summed E-state index contributed by atoms with van der Waals surface area (Å²) in [5.74, 6) is -1.77. The molecule has 0 unspecified atom stereocenters. The second kappa shape index (κ2) is 22.6. The van der Waals surface area contributed by atoms with Gasteiger partial charge in [-0.25, -0.2) is 41.6 Å². The van der Waals surface area contributed by atoms with Gasteiger partial charge in [-0.1, -0.05) is 48.3 Å². The first-order chi connectivity index (χ1) is 31.3. The van der Waals surface area contributed by atoms with Gasteiger partial charge >= 0.3 is 0 Å². The van der Waals surface area contributed by atoms with E-state index in [9.17, 15) is 22.0 Å². The molecule has 0 aliphatic rings. The number of H-pyrrole nitrogens is 1. The Morgan fingerprint density at radius 3 is 1.61 bits per heavy atom. The van der Waals surface area contributed by atoms with Gasteiger partial charge in [0.1, 0.15) is 24.1 Å². The van der Waals surface area contributed by atoms with E-state index in [2.05, 4.69) is 65.8 Å². The lowest BCUT2D eigenvalue weighted by Crippen LogP contribution is -2.22. The Balaban J connectivity index is 0.000000198. The lowest BCUT2D eigenvalue weighted by Gasteiger charge is -2.15. The van der Waals surface area contributed by atoms with E-state index in [1.807, 2.05) is 26.2 Å². The average molecular weight is 1000 g/mol. The molecule has 10 rings (SSSR count). The predicted molar refractivity (Wildman–Crippen MR) is 262 cm³/mol. The predicted octanol–water partition coefficient (Wildman–Crippen LogP) is 13.7. The molecule has 0 amide bonds. The summed E-state index contributed by atoms with van der Waals surface area (Å²) in [4.78, 5) is 11.8. The lowest BCUT2D eigenvalue weighted by molar-refractivity contribution is 0.0788. The van der Waals surface area contributed by atoms with Gasteiger partial charge < -0.3 is 17.9 Å². The molecule has 18 heteroatoms. The number of benzene rings is 2. The molecule has 0 radical (unpaired) electrons. The number of aromatic amines is 1. The quantitative estimate of drug-likeness (QED) is 0.0877. The van der Waals surface area contributed by atoms with E-state index >= 15 is 0 Å². The van der Waals surface area contributed by atoms with Crippen molar-refractivity contribution < 1.29 is 26.7 Å². The van der Waals surface area contributed by atoms with E-state index in [1.54, 1.807) is 97.9 Å². The van der Waals surface area contributed by atoms with Crippen molar-refractivity contribution in [2.45, 2.75) is 61.1 Å². The highest BCUT2D eigenvalue weighted by atomic mass is 79.9. The van der Waals surface area contributed by atoms with E-state index in [1.165, 1.54) is 42.5 Å². The maximum atomic E-state index is 14.5. The molecule has 8 aromatic heterocycles. The van der Waals surface area contributed by atoms with Crippen molar-refractivity contribution in [3.63, 3.8) is 0 Å². The molecule has 0 aliphatic carbocycles. The van der Waals surface area contributed by atoms with Gasteiger partial charge in [0, 0.05) is 115 Å². The van der Waals surface area contributed by atoms with Gasteiger partial charge in [-0.05, 0) is 88.7 Å². The zero-order chi connectivity index (χ0) is 46.3. The van der Waals surface area contributed by atoms with Gasteiger partial charge in [0.15, 0.2) is 34.4 Å². The van der Waals surface area contributed by atoms with Crippen LogP contribution in [0.3, 0.4) is 0 Å². The van der Waals surface area contributed by atoms with Crippen LogP contribution < -0.4 is 0 Å². The molecule has 0 spiro atoms. The van der Waals surface area contributed by atoms with Crippen molar-refractivity contribution in [3.8, 4) is 44.8 Å². The van der Waals surface area contributed by atoms with Gasteiger partial charge in [-0.15, -0.1) is 0 Å². The maximum absolute atomic E-state index is 14.5. The molecule has 0 aliphatic heterocycles. The summed E-state index contributed by atoms with van der Waals surface area (Å²) in [7, 11) is -1.18. The molecule has 10 aromatic rings. The molecule has 8 heterocycles. The van der Waals surface area contributed by atoms with Crippen molar-refractivity contribution in [1.29, 1.82) is 0 Å². The van der Waals surface area contributed by atoms with Crippen LogP contribution in [-0.4, -0.2) is 62.8 Å². The van der Waals surface area contributed by atoms with Crippen molar-refractivity contribution in [2.24, 2.45) is 0 Å². The Labute approximate surface area is 395 Å². The van der Waals surface area contributed by atoms with Gasteiger partial charge in [0.05, 0.1) is 11.9 Å². The SMILES string of the molecule is C.C.CC.C[Si](C)(C)CCOCn1cc(-c2cc(F)c3nccn3c2)c(-c2ccc(F)cc2)n1.Fc1cc(Br)cn2ccnc12.Fc1ccc(-c2[nH]ncc2-c2cc(F)c3nccn3c2)cc1. The van der Waals surface area contributed by atoms with Crippen LogP contribution in [-0.2, 0) is 11.5 Å². The third-order valence-corrected chi connectivity index (χ3v) is 11.9. The second-order valence-corrected chi connectivity index (χ2v) is 22.1. The monoisotopic (exact) mass is 998 g/mol. The van der Waals surface area contributed by atoms with Crippen molar-refractivity contribution in [2.75, 3.05) is 6.61 Å². The minimum absolute atomic E-state index is 0. The zero-order valence-electron chi connectivity index (χ0n) is 36.0. The molecule has 0 saturated carbocycles. The largest absolute Gasteiger partial charge is 0.360 e. The first-order valence-corrected chi connectivity index (χ1v) is 25.0. The van der Waals surface area contributed by atoms with E-state index in [0.29, 0.717) is 46.0 Å². The number of rotatable bonds is 9. The van der Waals surface area contributed by atoms with Crippen LogP contribution >= 0.6 is 15.9 Å². The maximum Gasteiger partial charge on any atom is 0.173 e. The van der Waals surface area contributed by atoms with Crippen LogP contribution in [0.5, 0.6) is 0 Å². The average Bonchev–Trinajstić information content (AvgIpc) is 4.14. The molecule has 350 valence electrons. The van der Waals surface area contributed by atoms with Crippen molar-refractivity contribution in [3.05, 3.63) is 168 Å². The molecule has 0 saturated heterocycles. The van der Waals surface area contributed by atoms with Gasteiger partial charge in [-0.2, -0.15) is 10.2 Å². The standard InChI is InChI=1S/C22H24F2N4OSi.C16H10F2N4.C7H4BrFN2.C2H6.2CH4/c1-30(2,3)11-10-29-15-28-14-19(21(26-28)16-4-6-18(23)7-5-16)17-12-20(24)22-25-8-9-27(22)13-17;17-12-3-1-10(2-4-12)15-13(8-20-21-15)11-7-14(18)16-19-5-6-22(16)9-11;8-5-3-6(9)7-10-1-2-11(7)4-5;1-2;;/h4-9,12-14H,10-11,15H2,1-3H3;1-9H,(H,20,21);1-4H;1-2H3;2*1H4. The minimum Gasteiger partial charge on any atom is -0.360 e. The summed E-state index contributed by atoms with van der Waals surface area (Å²) < 4.78 is 81.2. The molecule has 11 nitrogen and oxygen atoms in total. The summed E-state index contributed by atoms with van der Waals surface area (Å²) >= 11 is 3.18. The number of aromatic nitrogens is 10. The molecule has 67 heavy (non-hydrogen) atoms. The van der Waals surface area contributed by atoms with Gasteiger partial charge in [-0.3, -0.25) is 5.10 Å². The Morgan fingerprint density at radius 1 is 0.612 bits per heavy atom. The topological polar surface area (TPSA) is 108 Å². The van der Waals surface area contributed by atoms with E-state index < -0.39 is 19.7 Å². The molecular weight excluding hydrogens is 948 g/mol. The Kier molecular flexibility index (Phi) is 17.3. The number of fused-ring (bicyclic) bond motifs is 3. The number of hydrogen-bond acceptors (Lipinski definition) is 6. The highest BCUT2D eigenvalue weighted by Crippen LogP contribution is 2.33. The smallest absolute Gasteiger partial charge is 0.173 e. The first kappa shape index (κ1) is 51.2. The van der Waals surface area contributed by atoms with E-state index in [-0.39, 0.29) is 43.6 Å². The van der Waals surface area contributed by atoms with Crippen LogP contribution in [0.15, 0.2) is 139 Å². The van der Waals surface area contributed by atoms with Crippen molar-refractivity contribution >= 4 is 40.9 Å². The summed E-state index contributed by atoms with van der Waals surface area (Å²) in [5.41, 5.74) is 6.57. The van der Waals surface area contributed by atoms with Crippen LogP contribution in [0.1, 0.15) is 28.7 Å².